The summed E-state index contributed by atoms with van der Waals surface area (Å²) < 4.78 is 32.8. The molecular weight excluding hydrogens is 476 g/mol. The normalized spacial score (nSPS) is 11.1. The molecule has 0 saturated heterocycles. The van der Waals surface area contributed by atoms with Crippen LogP contribution in [0.3, 0.4) is 0 Å². The van der Waals surface area contributed by atoms with Gasteiger partial charge in [0.2, 0.25) is 5.91 Å². The van der Waals surface area contributed by atoms with E-state index in [-0.39, 0.29) is 16.1 Å². The molecule has 0 fully saturated rings. The number of halogens is 1. The number of methoxy groups -OCH3 is 1. The van der Waals surface area contributed by atoms with Gasteiger partial charge in [0, 0.05) is 10.7 Å². The van der Waals surface area contributed by atoms with E-state index in [1.807, 2.05) is 6.92 Å². The number of nitrogens with zero attached hydrogens (tertiary/aromatic N) is 1. The molecule has 3 aromatic rings. The monoisotopic (exact) mass is 500 g/mol. The molecule has 3 aromatic carbocycles. The fourth-order valence-electron chi connectivity index (χ4n) is 3.21. The summed E-state index contributed by atoms with van der Waals surface area (Å²) in [6.45, 7) is 4.91. The molecular formula is C25H25ClN2O5S. The van der Waals surface area contributed by atoms with E-state index < -0.39 is 28.4 Å². The number of carbonyl (C=O) groups excluding carboxylic acids is 2. The largest absolute Gasteiger partial charge is 0.465 e. The molecule has 0 aliphatic rings. The van der Waals surface area contributed by atoms with Crippen molar-refractivity contribution in [1.29, 1.82) is 0 Å². The molecule has 0 spiro atoms. The lowest BCUT2D eigenvalue weighted by Gasteiger charge is -2.25. The molecule has 0 bridgehead atoms. The molecule has 7 nitrogen and oxygen atoms in total. The zero-order valence-corrected chi connectivity index (χ0v) is 20.8. The molecule has 0 aliphatic carbocycles. The topological polar surface area (TPSA) is 92.8 Å². The lowest BCUT2D eigenvalue weighted by molar-refractivity contribution is -0.114. The number of aryl methyl sites for hydroxylation is 3. The number of rotatable bonds is 7. The van der Waals surface area contributed by atoms with Crippen molar-refractivity contribution < 1.29 is 22.7 Å². The van der Waals surface area contributed by atoms with Gasteiger partial charge in [-0.2, -0.15) is 0 Å². The van der Waals surface area contributed by atoms with Crippen molar-refractivity contribution in [2.45, 2.75) is 25.7 Å². The Balaban J connectivity index is 1.97. The smallest absolute Gasteiger partial charge is 0.337 e. The van der Waals surface area contributed by atoms with Gasteiger partial charge < -0.3 is 10.1 Å². The van der Waals surface area contributed by atoms with Gasteiger partial charge in [-0.3, -0.25) is 9.10 Å². The first kappa shape index (κ1) is 25.3. The van der Waals surface area contributed by atoms with Gasteiger partial charge >= 0.3 is 5.97 Å². The number of hydrogen-bond acceptors (Lipinski definition) is 5. The highest BCUT2D eigenvalue weighted by Crippen LogP contribution is 2.28. The first-order chi connectivity index (χ1) is 16.0. The number of anilines is 2. The molecule has 178 valence electrons. The van der Waals surface area contributed by atoms with Crippen molar-refractivity contribution in [2.75, 3.05) is 23.3 Å². The summed E-state index contributed by atoms with van der Waals surface area (Å²) in [7, 11) is -2.82. The molecule has 0 saturated carbocycles. The van der Waals surface area contributed by atoms with Crippen molar-refractivity contribution in [3.8, 4) is 0 Å². The molecule has 1 amide bonds. The first-order valence-electron chi connectivity index (χ1n) is 10.4. The lowest BCUT2D eigenvalue weighted by atomic mass is 10.1. The van der Waals surface area contributed by atoms with Crippen molar-refractivity contribution in [3.63, 3.8) is 0 Å². The number of sulfonamides is 1. The molecule has 0 aliphatic heterocycles. The molecule has 3 rings (SSSR count). The van der Waals surface area contributed by atoms with E-state index in [0.717, 1.165) is 15.4 Å². The molecule has 0 atom stereocenters. The van der Waals surface area contributed by atoms with E-state index in [1.54, 1.807) is 50.2 Å². The SMILES string of the molecule is COC(=O)c1ccc(C)c(NC(=O)CN(c2ccc(C)c(Cl)c2)S(=O)(=O)c2ccc(C)cc2)c1. The zero-order valence-electron chi connectivity index (χ0n) is 19.3. The van der Waals surface area contributed by atoms with E-state index in [9.17, 15) is 18.0 Å². The predicted molar refractivity (Wildman–Crippen MR) is 133 cm³/mol. The van der Waals surface area contributed by atoms with Crippen LogP contribution in [-0.2, 0) is 19.6 Å². The Kier molecular flexibility index (Phi) is 7.64. The third-order valence-electron chi connectivity index (χ3n) is 5.27. The predicted octanol–water partition coefficient (Wildman–Crippen LogP) is 4.89. The maximum absolute atomic E-state index is 13.5. The maximum atomic E-state index is 13.5. The summed E-state index contributed by atoms with van der Waals surface area (Å²) >= 11 is 6.26. The minimum absolute atomic E-state index is 0.0477. The molecule has 0 unspecified atom stereocenters. The van der Waals surface area contributed by atoms with E-state index in [0.29, 0.717) is 16.3 Å². The molecule has 0 aromatic heterocycles. The summed E-state index contributed by atoms with van der Waals surface area (Å²) in [4.78, 5) is 24.9. The van der Waals surface area contributed by atoms with Crippen molar-refractivity contribution in [1.82, 2.24) is 0 Å². The number of amides is 1. The van der Waals surface area contributed by atoms with Gasteiger partial charge in [-0.15, -0.1) is 0 Å². The average Bonchev–Trinajstić information content (AvgIpc) is 2.80. The third-order valence-corrected chi connectivity index (χ3v) is 7.47. The minimum atomic E-state index is -4.08. The van der Waals surface area contributed by atoms with Crippen LogP contribution in [0.5, 0.6) is 0 Å². The van der Waals surface area contributed by atoms with Gasteiger partial charge in [0.05, 0.1) is 23.3 Å². The fraction of sp³-hybridized carbons (Fsp3) is 0.200. The van der Waals surface area contributed by atoms with Crippen molar-refractivity contribution in [2.24, 2.45) is 0 Å². The summed E-state index contributed by atoms with van der Waals surface area (Å²) in [5.41, 5.74) is 3.28. The maximum Gasteiger partial charge on any atom is 0.337 e. The number of ether oxygens (including phenoxy) is 1. The lowest BCUT2D eigenvalue weighted by Crippen LogP contribution is -2.38. The van der Waals surface area contributed by atoms with Gasteiger partial charge in [-0.05, 0) is 68.3 Å². The van der Waals surface area contributed by atoms with E-state index in [1.165, 1.54) is 31.4 Å². The molecule has 0 heterocycles. The van der Waals surface area contributed by atoms with Crippen molar-refractivity contribution in [3.05, 3.63) is 87.9 Å². The van der Waals surface area contributed by atoms with Crippen LogP contribution in [0.2, 0.25) is 5.02 Å². The van der Waals surface area contributed by atoms with Crippen LogP contribution in [0.15, 0.2) is 65.6 Å². The highest BCUT2D eigenvalue weighted by Gasteiger charge is 2.28. The van der Waals surface area contributed by atoms with Crippen LogP contribution in [0.1, 0.15) is 27.0 Å². The highest BCUT2D eigenvalue weighted by molar-refractivity contribution is 7.92. The summed E-state index contributed by atoms with van der Waals surface area (Å²) in [5, 5.41) is 3.08. The van der Waals surface area contributed by atoms with Gasteiger partial charge in [0.15, 0.2) is 0 Å². The Morgan fingerprint density at radius 3 is 2.21 bits per heavy atom. The third kappa shape index (κ3) is 5.58. The Morgan fingerprint density at radius 1 is 0.941 bits per heavy atom. The Bertz CT molecular complexity index is 1340. The fourth-order valence-corrected chi connectivity index (χ4v) is 4.80. The standard InChI is InChI=1S/C25H25ClN2O5S/c1-16-5-11-21(12-6-16)34(31,32)28(20-10-8-17(2)22(26)14-20)15-24(29)27-23-13-19(25(30)33-4)9-7-18(23)3/h5-14H,15H2,1-4H3,(H,27,29). The molecule has 34 heavy (non-hydrogen) atoms. The summed E-state index contributed by atoms with van der Waals surface area (Å²) in [6, 6.07) is 15.9. The highest BCUT2D eigenvalue weighted by atomic mass is 35.5. The number of benzene rings is 3. The average molecular weight is 501 g/mol. The number of carbonyl (C=O) groups is 2. The van der Waals surface area contributed by atoms with Gasteiger partial charge in [0.25, 0.3) is 10.0 Å². The van der Waals surface area contributed by atoms with Crippen molar-refractivity contribution >= 4 is 44.9 Å². The molecule has 1 N–H and O–H groups in total. The second kappa shape index (κ2) is 10.3. The van der Waals surface area contributed by atoms with Gasteiger partial charge in [-0.25, -0.2) is 13.2 Å². The number of nitrogens with one attached hydrogen (secondary N) is 1. The quantitative estimate of drug-likeness (QED) is 0.466. The second-order valence-corrected chi connectivity index (χ2v) is 10.1. The second-order valence-electron chi connectivity index (χ2n) is 7.83. The van der Waals surface area contributed by atoms with Crippen LogP contribution in [0, 0.1) is 20.8 Å². The minimum Gasteiger partial charge on any atom is -0.465 e. The van der Waals surface area contributed by atoms with Crippen LogP contribution >= 0.6 is 11.6 Å². The van der Waals surface area contributed by atoms with Crippen LogP contribution in [-0.4, -0.2) is 33.9 Å². The Morgan fingerprint density at radius 2 is 1.59 bits per heavy atom. The van der Waals surface area contributed by atoms with Gasteiger partial charge in [0.1, 0.15) is 6.54 Å². The Hall–Kier alpha value is -3.36. The van der Waals surface area contributed by atoms with Gasteiger partial charge in [-0.1, -0.05) is 41.4 Å². The number of esters is 1. The van der Waals surface area contributed by atoms with Crippen LogP contribution < -0.4 is 9.62 Å². The van der Waals surface area contributed by atoms with E-state index in [2.05, 4.69) is 5.32 Å². The Labute approximate surface area is 204 Å². The van der Waals surface area contributed by atoms with E-state index in [4.69, 9.17) is 16.3 Å². The summed E-state index contributed by atoms with van der Waals surface area (Å²) in [6.07, 6.45) is 0. The first-order valence-corrected chi connectivity index (χ1v) is 12.2. The van der Waals surface area contributed by atoms with E-state index >= 15 is 0 Å². The van der Waals surface area contributed by atoms with Crippen LogP contribution in [0.25, 0.3) is 0 Å². The summed E-state index contributed by atoms with van der Waals surface area (Å²) in [5.74, 6) is -1.13. The zero-order chi connectivity index (χ0) is 25.0. The molecule has 9 heteroatoms. The number of hydrogen-bond donors (Lipinski definition) is 1. The molecule has 0 radical (unpaired) electrons. The van der Waals surface area contributed by atoms with Crippen LogP contribution in [0.4, 0.5) is 11.4 Å².